The molecule has 5 nitrogen and oxygen atoms in total. The van der Waals surface area contributed by atoms with Crippen LogP contribution in [0.3, 0.4) is 0 Å². The van der Waals surface area contributed by atoms with Crippen molar-refractivity contribution in [1.82, 2.24) is 20.2 Å². The summed E-state index contributed by atoms with van der Waals surface area (Å²) in [6, 6.07) is 1.80. The number of nitrogens with zero attached hydrogens (tertiary/aromatic N) is 4. The van der Waals surface area contributed by atoms with Crippen LogP contribution in [-0.2, 0) is 0 Å². The second-order valence-electron chi connectivity index (χ2n) is 2.77. The highest BCUT2D eigenvalue weighted by Crippen LogP contribution is 2.26. The van der Waals surface area contributed by atoms with E-state index in [2.05, 4.69) is 36.1 Å². The SMILES string of the molecule is Cc1nc(Br)cc(Sc2nnc(C)o2)n1. The lowest BCUT2D eigenvalue weighted by molar-refractivity contribution is 0.429. The zero-order chi connectivity index (χ0) is 10.8. The monoisotopic (exact) mass is 286 g/mol. The Labute approximate surface area is 98.9 Å². The third kappa shape index (κ3) is 2.75. The average molecular weight is 287 g/mol. The normalized spacial score (nSPS) is 10.6. The van der Waals surface area contributed by atoms with Crippen molar-refractivity contribution in [3.8, 4) is 0 Å². The van der Waals surface area contributed by atoms with Crippen LogP contribution in [0.5, 0.6) is 0 Å². The predicted molar refractivity (Wildman–Crippen MR) is 57.6 cm³/mol. The molecule has 15 heavy (non-hydrogen) atoms. The van der Waals surface area contributed by atoms with Gasteiger partial charge in [-0.05, 0) is 34.6 Å². The first-order valence-corrected chi connectivity index (χ1v) is 5.73. The molecule has 2 aromatic rings. The molecule has 0 fully saturated rings. The fourth-order valence-corrected chi connectivity index (χ4v) is 2.36. The van der Waals surface area contributed by atoms with Gasteiger partial charge in [0.15, 0.2) is 0 Å². The second kappa shape index (κ2) is 4.28. The van der Waals surface area contributed by atoms with Gasteiger partial charge in [-0.3, -0.25) is 0 Å². The maximum absolute atomic E-state index is 5.23. The van der Waals surface area contributed by atoms with Gasteiger partial charge in [-0.25, -0.2) is 9.97 Å². The van der Waals surface area contributed by atoms with Crippen LogP contribution in [0, 0.1) is 13.8 Å². The van der Waals surface area contributed by atoms with Crippen LogP contribution in [0.4, 0.5) is 0 Å². The fraction of sp³-hybridized carbons (Fsp3) is 0.250. The van der Waals surface area contributed by atoms with Crippen LogP contribution in [0.15, 0.2) is 25.3 Å². The summed E-state index contributed by atoms with van der Waals surface area (Å²) in [5.74, 6) is 1.24. The van der Waals surface area contributed by atoms with Gasteiger partial charge in [-0.1, -0.05) is 0 Å². The topological polar surface area (TPSA) is 64.7 Å². The van der Waals surface area contributed by atoms with Crippen molar-refractivity contribution in [2.24, 2.45) is 0 Å². The Morgan fingerprint density at radius 1 is 1.27 bits per heavy atom. The van der Waals surface area contributed by atoms with Gasteiger partial charge in [-0.15, -0.1) is 10.2 Å². The van der Waals surface area contributed by atoms with E-state index < -0.39 is 0 Å². The van der Waals surface area contributed by atoms with Crippen LogP contribution in [-0.4, -0.2) is 20.2 Å². The number of aryl methyl sites for hydroxylation is 2. The highest BCUT2D eigenvalue weighted by atomic mass is 79.9. The molecule has 7 heteroatoms. The van der Waals surface area contributed by atoms with Crippen LogP contribution < -0.4 is 0 Å². The van der Waals surface area contributed by atoms with Crippen LogP contribution in [0.1, 0.15) is 11.7 Å². The molecule has 0 atom stereocenters. The molecule has 0 aromatic carbocycles. The van der Waals surface area contributed by atoms with Crippen LogP contribution in [0.25, 0.3) is 0 Å². The van der Waals surface area contributed by atoms with Crippen molar-refractivity contribution in [1.29, 1.82) is 0 Å². The molecule has 0 spiro atoms. The Bertz CT molecular complexity index is 467. The largest absolute Gasteiger partial charge is 0.416 e. The molecule has 2 aromatic heterocycles. The lowest BCUT2D eigenvalue weighted by atomic mass is 10.6. The molecule has 0 unspecified atom stereocenters. The summed E-state index contributed by atoms with van der Waals surface area (Å²) < 4.78 is 5.98. The number of rotatable bonds is 2. The molecule has 2 heterocycles. The van der Waals surface area contributed by atoms with Crippen molar-refractivity contribution in [3.05, 3.63) is 22.4 Å². The van der Waals surface area contributed by atoms with Crippen molar-refractivity contribution in [2.45, 2.75) is 24.1 Å². The molecule has 0 aliphatic rings. The Hall–Kier alpha value is -0.950. The van der Waals surface area contributed by atoms with E-state index >= 15 is 0 Å². The molecular formula is C8H7BrN4OS. The first kappa shape index (κ1) is 10.6. The van der Waals surface area contributed by atoms with E-state index in [0.29, 0.717) is 16.9 Å². The van der Waals surface area contributed by atoms with Gasteiger partial charge in [0.25, 0.3) is 5.22 Å². The Morgan fingerprint density at radius 3 is 2.67 bits per heavy atom. The minimum atomic E-state index is 0.484. The zero-order valence-electron chi connectivity index (χ0n) is 8.06. The summed E-state index contributed by atoms with van der Waals surface area (Å²) in [6.45, 7) is 3.58. The smallest absolute Gasteiger partial charge is 0.282 e. The van der Waals surface area contributed by atoms with Gasteiger partial charge in [-0.2, -0.15) is 0 Å². The van der Waals surface area contributed by atoms with E-state index in [-0.39, 0.29) is 0 Å². The van der Waals surface area contributed by atoms with E-state index in [1.807, 2.05) is 6.92 Å². The van der Waals surface area contributed by atoms with Crippen molar-refractivity contribution in [2.75, 3.05) is 0 Å². The third-order valence-electron chi connectivity index (χ3n) is 1.48. The molecule has 0 bridgehead atoms. The van der Waals surface area contributed by atoms with Gasteiger partial charge in [0.1, 0.15) is 15.5 Å². The van der Waals surface area contributed by atoms with Gasteiger partial charge in [0, 0.05) is 13.0 Å². The summed E-state index contributed by atoms with van der Waals surface area (Å²) in [4.78, 5) is 8.34. The first-order valence-electron chi connectivity index (χ1n) is 4.12. The van der Waals surface area contributed by atoms with Crippen molar-refractivity contribution >= 4 is 27.7 Å². The molecule has 0 saturated heterocycles. The molecular weight excluding hydrogens is 280 g/mol. The van der Waals surface area contributed by atoms with E-state index in [1.165, 1.54) is 11.8 Å². The average Bonchev–Trinajstić information content (AvgIpc) is 2.49. The summed E-state index contributed by atoms with van der Waals surface area (Å²) in [5.41, 5.74) is 0. The van der Waals surface area contributed by atoms with E-state index in [1.54, 1.807) is 13.0 Å². The van der Waals surface area contributed by atoms with Gasteiger partial charge >= 0.3 is 0 Å². The number of aromatic nitrogens is 4. The zero-order valence-corrected chi connectivity index (χ0v) is 10.5. The lowest BCUT2D eigenvalue weighted by Gasteiger charge is -1.98. The molecule has 2 rings (SSSR count). The second-order valence-corrected chi connectivity index (χ2v) is 4.55. The highest BCUT2D eigenvalue weighted by Gasteiger charge is 2.07. The van der Waals surface area contributed by atoms with Gasteiger partial charge in [0.05, 0.1) is 0 Å². The quantitative estimate of drug-likeness (QED) is 0.790. The van der Waals surface area contributed by atoms with Crippen molar-refractivity contribution < 1.29 is 4.42 Å². The van der Waals surface area contributed by atoms with Crippen LogP contribution in [0.2, 0.25) is 0 Å². The molecule has 0 saturated carbocycles. The number of halogens is 1. The maximum atomic E-state index is 5.23. The standard InChI is InChI=1S/C8H7BrN4OS/c1-4-10-6(9)3-7(11-4)15-8-13-12-5(2)14-8/h3H,1-2H3. The van der Waals surface area contributed by atoms with E-state index in [0.717, 1.165) is 9.63 Å². The summed E-state index contributed by atoms with van der Waals surface area (Å²) in [7, 11) is 0. The molecule has 78 valence electrons. The number of hydrogen-bond acceptors (Lipinski definition) is 6. The molecule has 0 aliphatic heterocycles. The summed E-state index contributed by atoms with van der Waals surface area (Å²) in [5, 5.41) is 8.87. The molecule has 0 N–H and O–H groups in total. The highest BCUT2D eigenvalue weighted by molar-refractivity contribution is 9.10. The fourth-order valence-electron chi connectivity index (χ4n) is 0.967. The van der Waals surface area contributed by atoms with E-state index in [4.69, 9.17) is 4.42 Å². The molecule has 0 amide bonds. The molecule has 0 aliphatic carbocycles. The third-order valence-corrected chi connectivity index (χ3v) is 2.65. The molecule has 0 radical (unpaired) electrons. The van der Waals surface area contributed by atoms with Gasteiger partial charge < -0.3 is 4.42 Å². The Morgan fingerprint density at radius 2 is 2.07 bits per heavy atom. The minimum absolute atomic E-state index is 0.484. The lowest BCUT2D eigenvalue weighted by Crippen LogP contribution is -1.90. The van der Waals surface area contributed by atoms with E-state index in [9.17, 15) is 0 Å². The Balaban J connectivity index is 2.24. The Kier molecular flexibility index (Phi) is 3.01. The maximum Gasteiger partial charge on any atom is 0.282 e. The van der Waals surface area contributed by atoms with Gasteiger partial charge in [0.2, 0.25) is 5.89 Å². The summed E-state index contributed by atoms with van der Waals surface area (Å²) >= 11 is 4.62. The first-order chi connectivity index (χ1) is 7.13. The summed E-state index contributed by atoms with van der Waals surface area (Å²) in [6.07, 6.45) is 0. The van der Waals surface area contributed by atoms with Crippen LogP contribution >= 0.6 is 27.7 Å². The number of hydrogen-bond donors (Lipinski definition) is 0. The minimum Gasteiger partial charge on any atom is -0.416 e. The predicted octanol–water partition coefficient (Wildman–Crippen LogP) is 2.39. The van der Waals surface area contributed by atoms with Crippen molar-refractivity contribution in [3.63, 3.8) is 0 Å².